The molecule has 1 saturated heterocycles. The van der Waals surface area contributed by atoms with Gasteiger partial charge in [-0.15, -0.1) is 0 Å². The summed E-state index contributed by atoms with van der Waals surface area (Å²) < 4.78 is 5.31. The van der Waals surface area contributed by atoms with E-state index in [2.05, 4.69) is 0 Å². The van der Waals surface area contributed by atoms with Crippen molar-refractivity contribution in [1.82, 2.24) is 4.90 Å². The molecule has 0 spiro atoms. The van der Waals surface area contributed by atoms with Gasteiger partial charge in [-0.2, -0.15) is 0 Å². The second-order valence-corrected chi connectivity index (χ2v) is 5.05. The van der Waals surface area contributed by atoms with E-state index in [9.17, 15) is 9.59 Å². The smallest absolute Gasteiger partial charge is 0.329 e. The number of hydrogen-bond donors (Lipinski definition) is 1. The third-order valence-corrected chi connectivity index (χ3v) is 3.61. The number of aliphatic carboxylic acids is 1. The predicted octanol–water partition coefficient (Wildman–Crippen LogP) is 1.79. The predicted molar refractivity (Wildman–Crippen MR) is 69.3 cm³/mol. The van der Waals surface area contributed by atoms with Crippen molar-refractivity contribution in [2.45, 2.75) is 18.9 Å². The normalized spacial score (nSPS) is 21.7. The maximum absolute atomic E-state index is 11.9. The zero-order valence-electron chi connectivity index (χ0n) is 10.4. The van der Waals surface area contributed by atoms with Crippen molar-refractivity contribution in [1.29, 1.82) is 0 Å². The average Bonchev–Trinajstić information content (AvgIpc) is 2.35. The number of rotatable bonds is 4. The number of benzene rings is 1. The Morgan fingerprint density at radius 1 is 1.42 bits per heavy atom. The van der Waals surface area contributed by atoms with Crippen LogP contribution in [0.4, 0.5) is 0 Å². The van der Waals surface area contributed by atoms with E-state index < -0.39 is 11.5 Å². The molecule has 0 aromatic heterocycles. The Kier molecular flexibility index (Phi) is 3.66. The maximum atomic E-state index is 11.9. The van der Waals surface area contributed by atoms with Crippen LogP contribution < -0.4 is 4.74 Å². The molecule has 1 aliphatic rings. The summed E-state index contributed by atoms with van der Waals surface area (Å²) in [5.41, 5.74) is -1.10. The van der Waals surface area contributed by atoms with Crippen molar-refractivity contribution in [3.63, 3.8) is 0 Å². The first-order valence-electron chi connectivity index (χ1n) is 5.86. The number of halogens is 1. The quantitative estimate of drug-likeness (QED) is 0.915. The molecule has 6 heteroatoms. The van der Waals surface area contributed by atoms with E-state index in [4.69, 9.17) is 21.4 Å². The van der Waals surface area contributed by atoms with Gasteiger partial charge in [-0.1, -0.05) is 11.6 Å². The minimum Gasteiger partial charge on any atom is -0.484 e. The van der Waals surface area contributed by atoms with Gasteiger partial charge in [-0.3, -0.25) is 4.79 Å². The Hall–Kier alpha value is -1.75. The van der Waals surface area contributed by atoms with Crippen LogP contribution in [0.5, 0.6) is 5.75 Å². The number of amides is 1. The molecule has 1 atom stereocenters. The Morgan fingerprint density at radius 3 is 2.53 bits per heavy atom. The highest BCUT2D eigenvalue weighted by atomic mass is 35.5. The monoisotopic (exact) mass is 283 g/mol. The van der Waals surface area contributed by atoms with Crippen molar-refractivity contribution >= 4 is 23.5 Å². The van der Waals surface area contributed by atoms with E-state index in [1.807, 2.05) is 0 Å². The van der Waals surface area contributed by atoms with Crippen molar-refractivity contribution in [3.05, 3.63) is 29.3 Å². The van der Waals surface area contributed by atoms with Crippen LogP contribution in [0.2, 0.25) is 5.02 Å². The fraction of sp³-hybridized carbons (Fsp3) is 0.385. The summed E-state index contributed by atoms with van der Waals surface area (Å²) in [6.07, 6.45) is 0.467. The van der Waals surface area contributed by atoms with Crippen LogP contribution in [-0.4, -0.2) is 40.6 Å². The number of carboxylic acids is 1. The Bertz CT molecular complexity index is 502. The van der Waals surface area contributed by atoms with Gasteiger partial charge in [0.15, 0.2) is 6.61 Å². The summed E-state index contributed by atoms with van der Waals surface area (Å²) in [6, 6.07) is 6.63. The first-order valence-corrected chi connectivity index (χ1v) is 6.23. The lowest BCUT2D eigenvalue weighted by atomic mass is 9.87. The van der Waals surface area contributed by atoms with E-state index in [1.165, 1.54) is 4.90 Å². The highest BCUT2D eigenvalue weighted by Gasteiger charge is 2.49. The van der Waals surface area contributed by atoms with Crippen LogP contribution in [0.25, 0.3) is 0 Å². The van der Waals surface area contributed by atoms with Crippen molar-refractivity contribution in [2.24, 2.45) is 0 Å². The zero-order valence-corrected chi connectivity index (χ0v) is 11.2. The molecule has 0 aliphatic carbocycles. The lowest BCUT2D eigenvalue weighted by Crippen LogP contribution is -2.65. The summed E-state index contributed by atoms with van der Waals surface area (Å²) in [7, 11) is 0. The molecule has 0 radical (unpaired) electrons. The molecule has 1 N–H and O–H groups in total. The van der Waals surface area contributed by atoms with E-state index in [0.717, 1.165) is 0 Å². The first kappa shape index (κ1) is 13.7. The molecular weight excluding hydrogens is 270 g/mol. The zero-order chi connectivity index (χ0) is 14.0. The highest BCUT2D eigenvalue weighted by molar-refractivity contribution is 6.30. The minimum absolute atomic E-state index is 0.176. The summed E-state index contributed by atoms with van der Waals surface area (Å²) in [5, 5.41) is 9.66. The van der Waals surface area contributed by atoms with Crippen LogP contribution in [0.1, 0.15) is 13.3 Å². The lowest BCUT2D eigenvalue weighted by Gasteiger charge is -2.47. The Labute approximate surface area is 115 Å². The van der Waals surface area contributed by atoms with Gasteiger partial charge in [0, 0.05) is 11.6 Å². The van der Waals surface area contributed by atoms with Gasteiger partial charge in [-0.25, -0.2) is 4.79 Å². The molecule has 1 unspecified atom stereocenters. The summed E-state index contributed by atoms with van der Waals surface area (Å²) >= 11 is 5.73. The largest absolute Gasteiger partial charge is 0.484 e. The van der Waals surface area contributed by atoms with Gasteiger partial charge in [0.2, 0.25) is 0 Å². The molecular formula is C13H14ClNO4. The number of nitrogens with zero attached hydrogens (tertiary/aromatic N) is 1. The summed E-state index contributed by atoms with van der Waals surface area (Å²) in [6.45, 7) is 1.81. The van der Waals surface area contributed by atoms with E-state index >= 15 is 0 Å². The molecule has 1 fully saturated rings. The van der Waals surface area contributed by atoms with E-state index in [-0.39, 0.29) is 12.5 Å². The van der Waals surface area contributed by atoms with Crippen LogP contribution in [0, 0.1) is 0 Å². The molecule has 19 heavy (non-hydrogen) atoms. The SMILES string of the molecule is CC1(C(=O)O)CCN1C(=O)COc1ccc(Cl)cc1. The number of carbonyl (C=O) groups is 2. The third-order valence-electron chi connectivity index (χ3n) is 3.36. The van der Waals surface area contributed by atoms with Crippen molar-refractivity contribution < 1.29 is 19.4 Å². The molecule has 0 bridgehead atoms. The fourth-order valence-corrected chi connectivity index (χ4v) is 2.06. The van der Waals surface area contributed by atoms with Crippen LogP contribution in [0.3, 0.4) is 0 Å². The second kappa shape index (κ2) is 5.09. The number of carbonyl (C=O) groups excluding carboxylic acids is 1. The molecule has 1 aromatic carbocycles. The molecule has 5 nitrogen and oxygen atoms in total. The molecule has 0 saturated carbocycles. The average molecular weight is 284 g/mol. The van der Waals surface area contributed by atoms with Gasteiger partial charge in [0.05, 0.1) is 0 Å². The molecule has 1 aliphatic heterocycles. The molecule has 1 amide bonds. The molecule has 102 valence electrons. The van der Waals surface area contributed by atoms with E-state index in [1.54, 1.807) is 31.2 Å². The van der Waals surface area contributed by atoms with Gasteiger partial charge < -0.3 is 14.7 Å². The summed E-state index contributed by atoms with van der Waals surface area (Å²) in [4.78, 5) is 24.3. The van der Waals surface area contributed by atoms with Crippen LogP contribution in [0.15, 0.2) is 24.3 Å². The van der Waals surface area contributed by atoms with Gasteiger partial charge in [0.25, 0.3) is 5.91 Å². The number of hydrogen-bond acceptors (Lipinski definition) is 3. The number of carboxylic acid groups (broad SMARTS) is 1. The Morgan fingerprint density at radius 2 is 2.05 bits per heavy atom. The topological polar surface area (TPSA) is 66.8 Å². The van der Waals surface area contributed by atoms with E-state index in [0.29, 0.717) is 23.7 Å². The first-order chi connectivity index (χ1) is 8.93. The third kappa shape index (κ3) is 2.66. The highest BCUT2D eigenvalue weighted by Crippen LogP contribution is 2.30. The van der Waals surface area contributed by atoms with Gasteiger partial charge in [-0.05, 0) is 37.6 Å². The lowest BCUT2D eigenvalue weighted by molar-refractivity contribution is -0.169. The fourth-order valence-electron chi connectivity index (χ4n) is 1.94. The molecule has 2 rings (SSSR count). The van der Waals surface area contributed by atoms with Crippen molar-refractivity contribution in [3.8, 4) is 5.75 Å². The number of ether oxygens (including phenoxy) is 1. The van der Waals surface area contributed by atoms with Crippen LogP contribution >= 0.6 is 11.6 Å². The Balaban J connectivity index is 1.92. The summed E-state index contributed by atoms with van der Waals surface area (Å²) in [5.74, 6) is -0.792. The molecule has 1 heterocycles. The van der Waals surface area contributed by atoms with Crippen LogP contribution in [-0.2, 0) is 9.59 Å². The standard InChI is InChI=1S/C13H14ClNO4/c1-13(12(17)18)6-7-15(13)11(16)8-19-10-4-2-9(14)3-5-10/h2-5H,6-8H2,1H3,(H,17,18). The van der Waals surface area contributed by atoms with Crippen molar-refractivity contribution in [2.75, 3.05) is 13.2 Å². The second-order valence-electron chi connectivity index (χ2n) is 4.62. The number of likely N-dealkylation sites (tertiary alicyclic amines) is 1. The van der Waals surface area contributed by atoms with Gasteiger partial charge >= 0.3 is 5.97 Å². The van der Waals surface area contributed by atoms with Gasteiger partial charge in [0.1, 0.15) is 11.3 Å². The minimum atomic E-state index is -1.10. The molecule has 1 aromatic rings. The maximum Gasteiger partial charge on any atom is 0.329 e.